The number of fused-ring (bicyclic) bond motifs is 1. The summed E-state index contributed by atoms with van der Waals surface area (Å²) in [4.78, 5) is 25.9. The summed E-state index contributed by atoms with van der Waals surface area (Å²) in [5.74, 6) is 0.358. The van der Waals surface area contributed by atoms with E-state index >= 15 is 0 Å². The molecule has 0 aliphatic heterocycles. The number of hydrogen-bond donors (Lipinski definition) is 2. The number of nitrogens with zero attached hydrogens (tertiary/aromatic N) is 3. The molecule has 0 radical (unpaired) electrons. The van der Waals surface area contributed by atoms with Crippen molar-refractivity contribution in [2.75, 3.05) is 5.32 Å². The van der Waals surface area contributed by atoms with Crippen LogP contribution in [0.1, 0.15) is 13.3 Å². The molecular weight excluding hydrogens is 182 g/mol. The summed E-state index contributed by atoms with van der Waals surface area (Å²) in [5.41, 5.74) is 1.20. The third kappa shape index (κ3) is 1.41. The monoisotopic (exact) mass is 191 g/mol. The Kier molecular flexibility index (Phi) is 2.10. The van der Waals surface area contributed by atoms with E-state index in [-0.39, 0.29) is 5.91 Å². The lowest BCUT2D eigenvalue weighted by Gasteiger charge is -2.01. The quantitative estimate of drug-likeness (QED) is 0.731. The minimum atomic E-state index is -0.0898. The van der Waals surface area contributed by atoms with Gasteiger partial charge in [-0.25, -0.2) is 15.0 Å². The van der Waals surface area contributed by atoms with Gasteiger partial charge in [0, 0.05) is 6.42 Å². The molecule has 0 aliphatic rings. The molecular formula is C8H9N5O. The molecule has 72 valence electrons. The first-order valence-corrected chi connectivity index (χ1v) is 4.25. The molecule has 0 spiro atoms. The average Bonchev–Trinajstić information content (AvgIpc) is 2.66. The van der Waals surface area contributed by atoms with Crippen LogP contribution < -0.4 is 5.32 Å². The van der Waals surface area contributed by atoms with Crippen LogP contribution in [0, 0.1) is 0 Å². The van der Waals surface area contributed by atoms with Gasteiger partial charge in [-0.1, -0.05) is 6.92 Å². The Morgan fingerprint density at radius 2 is 2.36 bits per heavy atom. The van der Waals surface area contributed by atoms with Crippen LogP contribution in [0.2, 0.25) is 0 Å². The lowest BCUT2D eigenvalue weighted by molar-refractivity contribution is -0.115. The van der Waals surface area contributed by atoms with Crippen molar-refractivity contribution < 1.29 is 4.79 Å². The number of carbonyl (C=O) groups excluding carboxylic acids is 1. The number of rotatable bonds is 2. The summed E-state index contributed by atoms with van der Waals surface area (Å²) in [7, 11) is 0. The smallest absolute Gasteiger partial charge is 0.225 e. The minimum absolute atomic E-state index is 0.0898. The SMILES string of the molecule is CCC(=O)Nc1ncnc2[nH]cnc12. The highest BCUT2D eigenvalue weighted by Gasteiger charge is 2.07. The maximum Gasteiger partial charge on any atom is 0.225 e. The molecule has 1 amide bonds. The summed E-state index contributed by atoms with van der Waals surface area (Å²) < 4.78 is 0. The molecule has 6 heteroatoms. The van der Waals surface area contributed by atoms with Gasteiger partial charge in [-0.3, -0.25) is 4.79 Å². The number of amides is 1. The van der Waals surface area contributed by atoms with Gasteiger partial charge < -0.3 is 10.3 Å². The highest BCUT2D eigenvalue weighted by molar-refractivity contribution is 5.96. The number of anilines is 1. The van der Waals surface area contributed by atoms with E-state index in [1.54, 1.807) is 6.92 Å². The third-order valence-electron chi connectivity index (χ3n) is 1.80. The van der Waals surface area contributed by atoms with Gasteiger partial charge in [0.05, 0.1) is 6.33 Å². The van der Waals surface area contributed by atoms with Gasteiger partial charge in [-0.2, -0.15) is 0 Å². The van der Waals surface area contributed by atoms with Crippen molar-refractivity contribution >= 4 is 22.9 Å². The zero-order valence-electron chi connectivity index (χ0n) is 7.61. The number of hydrogen-bond acceptors (Lipinski definition) is 4. The average molecular weight is 191 g/mol. The highest BCUT2D eigenvalue weighted by Crippen LogP contribution is 2.14. The van der Waals surface area contributed by atoms with Gasteiger partial charge in [0.25, 0.3) is 0 Å². The molecule has 2 aromatic heterocycles. The van der Waals surface area contributed by atoms with E-state index in [4.69, 9.17) is 0 Å². The van der Waals surface area contributed by atoms with Gasteiger partial charge in [-0.15, -0.1) is 0 Å². The molecule has 14 heavy (non-hydrogen) atoms. The summed E-state index contributed by atoms with van der Waals surface area (Å²) in [6, 6.07) is 0. The van der Waals surface area contributed by atoms with Crippen molar-refractivity contribution in [3.63, 3.8) is 0 Å². The van der Waals surface area contributed by atoms with E-state index in [1.165, 1.54) is 12.7 Å². The molecule has 2 N–H and O–H groups in total. The fraction of sp³-hybridized carbons (Fsp3) is 0.250. The molecule has 0 bridgehead atoms. The van der Waals surface area contributed by atoms with Gasteiger partial charge in [0.1, 0.15) is 6.33 Å². The Morgan fingerprint density at radius 1 is 1.50 bits per heavy atom. The second-order valence-corrected chi connectivity index (χ2v) is 2.72. The fourth-order valence-corrected chi connectivity index (χ4v) is 1.08. The molecule has 0 aliphatic carbocycles. The number of nitrogens with one attached hydrogen (secondary N) is 2. The predicted molar refractivity (Wildman–Crippen MR) is 50.6 cm³/mol. The molecule has 0 saturated carbocycles. The maximum atomic E-state index is 11.1. The Balaban J connectivity index is 2.41. The lowest BCUT2D eigenvalue weighted by atomic mass is 10.4. The molecule has 0 unspecified atom stereocenters. The normalized spacial score (nSPS) is 10.4. The minimum Gasteiger partial charge on any atom is -0.329 e. The molecule has 0 saturated heterocycles. The van der Waals surface area contributed by atoms with E-state index in [1.807, 2.05) is 0 Å². The van der Waals surface area contributed by atoms with Crippen LogP contribution in [0.4, 0.5) is 5.82 Å². The zero-order valence-corrected chi connectivity index (χ0v) is 7.61. The van der Waals surface area contributed by atoms with Gasteiger partial charge in [0.15, 0.2) is 17.0 Å². The summed E-state index contributed by atoms with van der Waals surface area (Å²) in [6.07, 6.45) is 3.31. The van der Waals surface area contributed by atoms with E-state index in [9.17, 15) is 4.79 Å². The first-order valence-electron chi connectivity index (χ1n) is 4.25. The van der Waals surface area contributed by atoms with E-state index in [0.29, 0.717) is 23.4 Å². The molecule has 0 aromatic carbocycles. The Morgan fingerprint density at radius 3 is 3.14 bits per heavy atom. The van der Waals surface area contributed by atoms with Gasteiger partial charge in [0.2, 0.25) is 5.91 Å². The predicted octanol–water partition coefficient (Wildman–Crippen LogP) is 0.701. The summed E-state index contributed by atoms with van der Waals surface area (Å²) in [6.45, 7) is 1.78. The summed E-state index contributed by atoms with van der Waals surface area (Å²) >= 11 is 0. The zero-order chi connectivity index (χ0) is 9.97. The first-order chi connectivity index (χ1) is 6.81. The van der Waals surface area contributed by atoms with Gasteiger partial charge in [-0.05, 0) is 0 Å². The Hall–Kier alpha value is -1.98. The van der Waals surface area contributed by atoms with Crippen LogP contribution in [0.25, 0.3) is 11.2 Å². The number of carbonyl (C=O) groups is 1. The van der Waals surface area contributed by atoms with Crippen molar-refractivity contribution in [1.29, 1.82) is 0 Å². The first kappa shape index (κ1) is 8.61. The van der Waals surface area contributed by atoms with Crippen molar-refractivity contribution in [1.82, 2.24) is 19.9 Å². The van der Waals surface area contributed by atoms with Crippen molar-refractivity contribution in [3.8, 4) is 0 Å². The second kappa shape index (κ2) is 3.41. The molecule has 6 nitrogen and oxygen atoms in total. The molecule has 0 atom stereocenters. The number of imidazole rings is 1. The van der Waals surface area contributed by atoms with Crippen LogP contribution in [-0.4, -0.2) is 25.8 Å². The third-order valence-corrected chi connectivity index (χ3v) is 1.80. The molecule has 2 heterocycles. The largest absolute Gasteiger partial charge is 0.329 e. The Bertz CT molecular complexity index is 463. The fourth-order valence-electron chi connectivity index (χ4n) is 1.08. The highest BCUT2D eigenvalue weighted by atomic mass is 16.1. The maximum absolute atomic E-state index is 11.1. The van der Waals surface area contributed by atoms with Crippen molar-refractivity contribution in [2.24, 2.45) is 0 Å². The van der Waals surface area contributed by atoms with Crippen LogP contribution in [0.5, 0.6) is 0 Å². The van der Waals surface area contributed by atoms with Crippen LogP contribution in [0.3, 0.4) is 0 Å². The number of aromatic amines is 1. The topological polar surface area (TPSA) is 83.6 Å². The van der Waals surface area contributed by atoms with E-state index < -0.39 is 0 Å². The number of H-pyrrole nitrogens is 1. The van der Waals surface area contributed by atoms with Crippen LogP contribution in [-0.2, 0) is 4.79 Å². The molecule has 2 aromatic rings. The van der Waals surface area contributed by atoms with Gasteiger partial charge >= 0.3 is 0 Å². The lowest BCUT2D eigenvalue weighted by Crippen LogP contribution is -2.11. The van der Waals surface area contributed by atoms with Crippen molar-refractivity contribution in [3.05, 3.63) is 12.7 Å². The molecule has 0 fully saturated rings. The second-order valence-electron chi connectivity index (χ2n) is 2.72. The summed E-state index contributed by atoms with van der Waals surface area (Å²) in [5, 5.41) is 2.65. The van der Waals surface area contributed by atoms with Crippen LogP contribution >= 0.6 is 0 Å². The number of aromatic nitrogens is 4. The Labute approximate surface area is 79.8 Å². The standard InChI is InChI=1S/C8H9N5O/c1-2-5(14)13-8-6-7(10-3-9-6)11-4-12-8/h3-4H,2H2,1H3,(H2,9,10,11,12,13,14). The van der Waals surface area contributed by atoms with Crippen molar-refractivity contribution in [2.45, 2.75) is 13.3 Å². The van der Waals surface area contributed by atoms with Crippen LogP contribution in [0.15, 0.2) is 12.7 Å². The molecule has 2 rings (SSSR count). The van der Waals surface area contributed by atoms with E-state index in [2.05, 4.69) is 25.3 Å². The van der Waals surface area contributed by atoms with E-state index in [0.717, 1.165) is 0 Å².